The van der Waals surface area contributed by atoms with Gasteiger partial charge in [0.2, 0.25) is 0 Å². The zero-order valence-electron chi connectivity index (χ0n) is 11.4. The average Bonchev–Trinajstić information content (AvgIpc) is 2.86. The molecule has 1 atom stereocenters. The van der Waals surface area contributed by atoms with E-state index in [1.807, 2.05) is 30.5 Å². The summed E-state index contributed by atoms with van der Waals surface area (Å²) in [4.78, 5) is 2.92. The normalized spacial score (nSPS) is 12.6. The Bertz CT molecular complexity index is 521. The lowest BCUT2D eigenvalue weighted by Gasteiger charge is -2.16. The number of aryl methyl sites for hydroxylation is 1. The molecule has 0 amide bonds. The lowest BCUT2D eigenvalue weighted by atomic mass is 9.95. The van der Waals surface area contributed by atoms with Crippen molar-refractivity contribution in [3.05, 3.63) is 56.7 Å². The summed E-state index contributed by atoms with van der Waals surface area (Å²) in [5.74, 6) is 0.479. The Morgan fingerprint density at radius 2 is 2.00 bits per heavy atom. The van der Waals surface area contributed by atoms with Crippen LogP contribution in [-0.4, -0.2) is 13.6 Å². The first-order valence-corrected chi connectivity index (χ1v) is 7.90. The minimum atomic E-state index is 0.479. The Balaban J connectivity index is 2.15. The van der Waals surface area contributed by atoms with E-state index in [1.165, 1.54) is 15.3 Å². The van der Waals surface area contributed by atoms with Gasteiger partial charge in [0, 0.05) is 27.2 Å². The van der Waals surface area contributed by atoms with Crippen LogP contribution in [0.25, 0.3) is 0 Å². The highest BCUT2D eigenvalue weighted by molar-refractivity contribution is 7.11. The average molecular weight is 294 g/mol. The van der Waals surface area contributed by atoms with E-state index < -0.39 is 0 Å². The van der Waals surface area contributed by atoms with Crippen molar-refractivity contribution in [3.8, 4) is 0 Å². The molecule has 1 nitrogen and oxygen atoms in total. The van der Waals surface area contributed by atoms with Gasteiger partial charge in [0.05, 0.1) is 0 Å². The van der Waals surface area contributed by atoms with E-state index in [2.05, 4.69) is 36.5 Å². The van der Waals surface area contributed by atoms with E-state index in [-0.39, 0.29) is 0 Å². The molecule has 0 saturated carbocycles. The maximum Gasteiger partial charge on any atom is 0.0408 e. The van der Waals surface area contributed by atoms with E-state index in [4.69, 9.17) is 11.6 Å². The van der Waals surface area contributed by atoms with Crippen LogP contribution in [0, 0.1) is 0 Å². The monoisotopic (exact) mass is 293 g/mol. The Hall–Kier alpha value is -0.830. The number of rotatable bonds is 6. The van der Waals surface area contributed by atoms with Crippen LogP contribution in [0.1, 0.15) is 28.2 Å². The van der Waals surface area contributed by atoms with Gasteiger partial charge in [-0.2, -0.15) is 0 Å². The third kappa shape index (κ3) is 4.07. The van der Waals surface area contributed by atoms with Crippen LogP contribution in [0.3, 0.4) is 0 Å². The Morgan fingerprint density at radius 1 is 1.21 bits per heavy atom. The van der Waals surface area contributed by atoms with Crippen LogP contribution in [-0.2, 0) is 12.8 Å². The molecule has 0 aliphatic carbocycles. The largest absolute Gasteiger partial charge is 0.319 e. The van der Waals surface area contributed by atoms with Crippen LogP contribution in [0.15, 0.2) is 36.4 Å². The van der Waals surface area contributed by atoms with Gasteiger partial charge in [-0.05, 0) is 49.7 Å². The summed E-state index contributed by atoms with van der Waals surface area (Å²) in [6.45, 7) is 3.18. The zero-order chi connectivity index (χ0) is 13.7. The van der Waals surface area contributed by atoms with Crippen LogP contribution >= 0.6 is 22.9 Å². The molecule has 0 fully saturated rings. The molecule has 0 aliphatic rings. The first kappa shape index (κ1) is 14.6. The molecule has 2 aromatic rings. The van der Waals surface area contributed by atoms with E-state index in [0.717, 1.165) is 24.4 Å². The number of likely N-dealkylation sites (N-methyl/N-ethyl adjacent to an activating group) is 1. The number of thiophene rings is 1. The molecule has 3 heteroatoms. The van der Waals surface area contributed by atoms with Crippen molar-refractivity contribution in [2.45, 2.75) is 25.7 Å². The van der Waals surface area contributed by atoms with Crippen LogP contribution in [0.2, 0.25) is 5.02 Å². The molecule has 19 heavy (non-hydrogen) atoms. The summed E-state index contributed by atoms with van der Waals surface area (Å²) >= 11 is 8.03. The molecule has 1 N–H and O–H groups in total. The van der Waals surface area contributed by atoms with Gasteiger partial charge in [0.1, 0.15) is 0 Å². The van der Waals surface area contributed by atoms with Gasteiger partial charge in [-0.25, -0.2) is 0 Å². The lowest BCUT2D eigenvalue weighted by molar-refractivity contribution is 0.630. The van der Waals surface area contributed by atoms with Gasteiger partial charge in [0.15, 0.2) is 0 Å². The number of hydrogen-bond donors (Lipinski definition) is 1. The van der Waals surface area contributed by atoms with E-state index in [9.17, 15) is 0 Å². The summed E-state index contributed by atoms with van der Waals surface area (Å²) < 4.78 is 0. The lowest BCUT2D eigenvalue weighted by Crippen LogP contribution is -2.18. The molecular formula is C16H20ClNS. The molecule has 1 aromatic carbocycles. The second-order valence-corrected chi connectivity index (χ2v) is 6.42. The molecule has 2 rings (SSSR count). The van der Waals surface area contributed by atoms with Gasteiger partial charge in [0.25, 0.3) is 0 Å². The van der Waals surface area contributed by atoms with Crippen LogP contribution in [0.4, 0.5) is 0 Å². The van der Waals surface area contributed by atoms with Gasteiger partial charge in [-0.3, -0.25) is 0 Å². The molecule has 0 spiro atoms. The van der Waals surface area contributed by atoms with Crippen molar-refractivity contribution >= 4 is 22.9 Å². The van der Waals surface area contributed by atoms with E-state index in [0.29, 0.717) is 5.92 Å². The maximum absolute atomic E-state index is 6.10. The Kier molecular flexibility index (Phi) is 5.44. The second kappa shape index (κ2) is 7.09. The Labute approximate surface area is 124 Å². The smallest absolute Gasteiger partial charge is 0.0408 e. The first-order valence-electron chi connectivity index (χ1n) is 6.70. The molecule has 0 radical (unpaired) electrons. The fourth-order valence-corrected chi connectivity index (χ4v) is 3.52. The molecule has 1 aromatic heterocycles. The third-order valence-corrected chi connectivity index (χ3v) is 4.77. The highest BCUT2D eigenvalue weighted by atomic mass is 35.5. The van der Waals surface area contributed by atoms with E-state index >= 15 is 0 Å². The van der Waals surface area contributed by atoms with Crippen molar-refractivity contribution < 1.29 is 0 Å². The molecular weight excluding hydrogens is 274 g/mol. The fraction of sp³-hybridized carbons (Fsp3) is 0.375. The summed E-state index contributed by atoms with van der Waals surface area (Å²) in [5, 5.41) is 4.11. The predicted molar refractivity (Wildman–Crippen MR) is 85.5 cm³/mol. The summed E-state index contributed by atoms with van der Waals surface area (Å²) in [6.07, 6.45) is 2.20. The van der Waals surface area contributed by atoms with Crippen molar-refractivity contribution in [3.63, 3.8) is 0 Å². The maximum atomic E-state index is 6.10. The Morgan fingerprint density at radius 3 is 2.63 bits per heavy atom. The molecule has 0 saturated heterocycles. The van der Waals surface area contributed by atoms with Crippen molar-refractivity contribution in [2.75, 3.05) is 13.6 Å². The van der Waals surface area contributed by atoms with E-state index in [1.54, 1.807) is 0 Å². The minimum Gasteiger partial charge on any atom is -0.319 e. The fourth-order valence-electron chi connectivity index (χ4n) is 2.28. The zero-order valence-corrected chi connectivity index (χ0v) is 13.0. The SMILES string of the molecule is CCc1ccc(CC(CNC)c2cccc(Cl)c2)s1. The molecule has 102 valence electrons. The quantitative estimate of drug-likeness (QED) is 0.826. The van der Waals surface area contributed by atoms with Crippen molar-refractivity contribution in [2.24, 2.45) is 0 Å². The summed E-state index contributed by atoms with van der Waals surface area (Å²) in [7, 11) is 2.00. The summed E-state index contributed by atoms with van der Waals surface area (Å²) in [5.41, 5.74) is 1.31. The number of nitrogens with one attached hydrogen (secondary N) is 1. The first-order chi connectivity index (χ1) is 9.22. The van der Waals surface area contributed by atoms with Gasteiger partial charge in [-0.15, -0.1) is 11.3 Å². The van der Waals surface area contributed by atoms with Gasteiger partial charge < -0.3 is 5.32 Å². The van der Waals surface area contributed by atoms with Gasteiger partial charge in [-0.1, -0.05) is 30.7 Å². The summed E-state index contributed by atoms with van der Waals surface area (Å²) in [6, 6.07) is 12.7. The van der Waals surface area contributed by atoms with Gasteiger partial charge >= 0.3 is 0 Å². The second-order valence-electron chi connectivity index (χ2n) is 4.74. The van der Waals surface area contributed by atoms with Crippen molar-refractivity contribution in [1.82, 2.24) is 5.32 Å². The molecule has 1 heterocycles. The third-order valence-electron chi connectivity index (χ3n) is 3.28. The number of benzene rings is 1. The standard InChI is InChI=1S/C16H20ClNS/c1-3-15-7-8-16(19-15)10-13(11-18-2)12-5-4-6-14(17)9-12/h4-9,13,18H,3,10-11H2,1-2H3. The minimum absolute atomic E-state index is 0.479. The van der Waals surface area contributed by atoms with Crippen LogP contribution < -0.4 is 5.32 Å². The highest BCUT2D eigenvalue weighted by Gasteiger charge is 2.13. The number of hydrogen-bond acceptors (Lipinski definition) is 2. The molecule has 0 aliphatic heterocycles. The predicted octanol–water partition coefficient (Wildman–Crippen LogP) is 4.51. The van der Waals surface area contributed by atoms with Crippen molar-refractivity contribution in [1.29, 1.82) is 0 Å². The van der Waals surface area contributed by atoms with Crippen LogP contribution in [0.5, 0.6) is 0 Å². The topological polar surface area (TPSA) is 12.0 Å². The highest BCUT2D eigenvalue weighted by Crippen LogP contribution is 2.26. The molecule has 0 bridgehead atoms. The number of halogens is 1. The molecule has 1 unspecified atom stereocenters.